The molecular formula is C11H19N3O. The molecule has 1 aliphatic carbocycles. The van der Waals surface area contributed by atoms with E-state index in [9.17, 15) is 0 Å². The Kier molecular flexibility index (Phi) is 4.96. The third-order valence-corrected chi connectivity index (χ3v) is 3.01. The van der Waals surface area contributed by atoms with Gasteiger partial charge in [0.15, 0.2) is 6.19 Å². The highest BCUT2D eigenvalue weighted by atomic mass is 16.5. The maximum Gasteiger partial charge on any atom is 0.298 e. The normalized spacial score (nSPS) is 20.5. The summed E-state index contributed by atoms with van der Waals surface area (Å²) in [7, 11) is 1.52. The van der Waals surface area contributed by atoms with Crippen LogP contribution in [0.3, 0.4) is 0 Å². The highest BCUT2D eigenvalue weighted by Crippen LogP contribution is 2.27. The summed E-state index contributed by atoms with van der Waals surface area (Å²) < 4.78 is 4.97. The molecule has 4 nitrogen and oxygen atoms in total. The predicted molar refractivity (Wildman–Crippen MR) is 59.2 cm³/mol. The molecule has 1 rings (SSSR count). The van der Waals surface area contributed by atoms with E-state index in [0.29, 0.717) is 11.9 Å². The molecule has 1 atom stereocenters. The van der Waals surface area contributed by atoms with Crippen molar-refractivity contribution in [2.75, 3.05) is 7.11 Å². The lowest BCUT2D eigenvalue weighted by atomic mass is 9.85. The second kappa shape index (κ2) is 6.28. The largest absolute Gasteiger partial charge is 0.468 e. The van der Waals surface area contributed by atoms with Crippen LogP contribution in [0.2, 0.25) is 0 Å². The molecule has 0 heterocycles. The molecule has 1 aliphatic rings. The predicted octanol–water partition coefficient (Wildman–Crippen LogP) is 2.03. The second-order valence-electron chi connectivity index (χ2n) is 4.01. The van der Waals surface area contributed by atoms with Crippen molar-refractivity contribution in [1.82, 2.24) is 5.32 Å². The van der Waals surface area contributed by atoms with Gasteiger partial charge in [0, 0.05) is 0 Å². The van der Waals surface area contributed by atoms with Crippen LogP contribution in [0, 0.1) is 17.4 Å². The lowest BCUT2D eigenvalue weighted by molar-refractivity contribution is 0.308. The Balaban J connectivity index is 2.50. The third kappa shape index (κ3) is 3.78. The van der Waals surface area contributed by atoms with Crippen LogP contribution < -0.4 is 5.32 Å². The molecule has 0 saturated heterocycles. The summed E-state index contributed by atoms with van der Waals surface area (Å²) >= 11 is 0. The Morgan fingerprint density at radius 2 is 2.13 bits per heavy atom. The van der Waals surface area contributed by atoms with Crippen LogP contribution in [0.4, 0.5) is 0 Å². The van der Waals surface area contributed by atoms with E-state index in [2.05, 4.69) is 17.2 Å². The van der Waals surface area contributed by atoms with E-state index in [4.69, 9.17) is 10.00 Å². The molecule has 0 radical (unpaired) electrons. The van der Waals surface area contributed by atoms with E-state index >= 15 is 0 Å². The van der Waals surface area contributed by atoms with E-state index in [1.54, 1.807) is 0 Å². The van der Waals surface area contributed by atoms with Gasteiger partial charge in [0.1, 0.15) is 0 Å². The molecule has 15 heavy (non-hydrogen) atoms. The van der Waals surface area contributed by atoms with Gasteiger partial charge in [-0.3, -0.25) is 0 Å². The van der Waals surface area contributed by atoms with Gasteiger partial charge in [-0.1, -0.05) is 19.3 Å². The molecular weight excluding hydrogens is 190 g/mol. The quantitative estimate of drug-likeness (QED) is 0.327. The monoisotopic (exact) mass is 209 g/mol. The molecule has 1 N–H and O–H groups in total. The number of nitriles is 1. The molecule has 1 saturated carbocycles. The molecule has 0 bridgehead atoms. The van der Waals surface area contributed by atoms with Crippen LogP contribution in [0.15, 0.2) is 4.99 Å². The fourth-order valence-electron chi connectivity index (χ4n) is 2.09. The summed E-state index contributed by atoms with van der Waals surface area (Å²) in [6.07, 6.45) is 8.27. The topological polar surface area (TPSA) is 57.4 Å². The summed E-state index contributed by atoms with van der Waals surface area (Å²) in [5.41, 5.74) is 0. The molecule has 0 aliphatic heterocycles. The van der Waals surface area contributed by atoms with Crippen LogP contribution in [-0.2, 0) is 4.74 Å². The number of hydrogen-bond donors (Lipinski definition) is 1. The third-order valence-electron chi connectivity index (χ3n) is 3.01. The number of nitrogens with zero attached hydrogens (tertiary/aromatic N) is 2. The van der Waals surface area contributed by atoms with Crippen molar-refractivity contribution in [2.24, 2.45) is 10.9 Å². The SMILES string of the molecule is COC(=N[C@@H](C)C1CCCCC1)NC#N. The van der Waals surface area contributed by atoms with Crippen LogP contribution >= 0.6 is 0 Å². The number of hydrogen-bond acceptors (Lipinski definition) is 3. The summed E-state index contributed by atoms with van der Waals surface area (Å²) in [5.74, 6) is 0.643. The van der Waals surface area contributed by atoms with E-state index in [1.807, 2.05) is 6.19 Å². The van der Waals surface area contributed by atoms with Gasteiger partial charge in [-0.2, -0.15) is 5.26 Å². The van der Waals surface area contributed by atoms with E-state index < -0.39 is 0 Å². The number of aliphatic imine (C=N–C) groups is 1. The number of amidine groups is 1. The Morgan fingerprint density at radius 1 is 1.47 bits per heavy atom. The minimum atomic E-state index is 0.237. The number of rotatable bonds is 2. The Labute approximate surface area is 91.3 Å². The lowest BCUT2D eigenvalue weighted by Gasteiger charge is -2.25. The Hall–Kier alpha value is -1.24. The van der Waals surface area contributed by atoms with Gasteiger partial charge in [0.25, 0.3) is 6.02 Å². The zero-order chi connectivity index (χ0) is 11.1. The van der Waals surface area contributed by atoms with Crippen molar-refractivity contribution in [3.05, 3.63) is 0 Å². The highest BCUT2D eigenvalue weighted by Gasteiger charge is 2.20. The van der Waals surface area contributed by atoms with Crippen molar-refractivity contribution in [3.63, 3.8) is 0 Å². The molecule has 4 heteroatoms. The van der Waals surface area contributed by atoms with E-state index in [1.165, 1.54) is 39.2 Å². The second-order valence-corrected chi connectivity index (χ2v) is 4.01. The maximum atomic E-state index is 8.47. The maximum absolute atomic E-state index is 8.47. The Bertz CT molecular complexity index is 251. The summed E-state index contributed by atoms with van der Waals surface area (Å²) in [6, 6.07) is 0.566. The van der Waals surface area contributed by atoms with Gasteiger partial charge in [0.2, 0.25) is 0 Å². The van der Waals surface area contributed by atoms with Gasteiger partial charge in [-0.15, -0.1) is 0 Å². The van der Waals surface area contributed by atoms with Gasteiger partial charge >= 0.3 is 0 Å². The number of nitrogens with one attached hydrogen (secondary N) is 1. The Morgan fingerprint density at radius 3 is 2.67 bits per heavy atom. The molecule has 0 unspecified atom stereocenters. The van der Waals surface area contributed by atoms with Crippen molar-refractivity contribution >= 4 is 6.02 Å². The van der Waals surface area contributed by atoms with Crippen LogP contribution in [0.5, 0.6) is 0 Å². The first-order valence-corrected chi connectivity index (χ1v) is 5.54. The first kappa shape index (κ1) is 11.8. The summed E-state index contributed by atoms with van der Waals surface area (Å²) in [5, 5.41) is 10.9. The van der Waals surface area contributed by atoms with Crippen molar-refractivity contribution in [2.45, 2.75) is 45.1 Å². The first-order valence-electron chi connectivity index (χ1n) is 5.54. The average Bonchev–Trinajstić information content (AvgIpc) is 2.29. The molecule has 0 aromatic carbocycles. The molecule has 1 fully saturated rings. The van der Waals surface area contributed by atoms with Crippen LogP contribution in [-0.4, -0.2) is 19.2 Å². The zero-order valence-electron chi connectivity index (χ0n) is 9.49. The molecule has 0 spiro atoms. The standard InChI is InChI=1S/C11H19N3O/c1-9(10-6-4-3-5-7-10)14-11(15-2)13-8-12/h9-10H,3-7H2,1-2H3,(H,13,14)/t9-/m0/s1. The smallest absolute Gasteiger partial charge is 0.298 e. The average molecular weight is 209 g/mol. The van der Waals surface area contributed by atoms with Crippen LogP contribution in [0.1, 0.15) is 39.0 Å². The first-order chi connectivity index (χ1) is 7.27. The van der Waals surface area contributed by atoms with E-state index in [0.717, 1.165) is 0 Å². The molecule has 84 valence electrons. The highest BCUT2D eigenvalue weighted by molar-refractivity contribution is 5.75. The zero-order valence-corrected chi connectivity index (χ0v) is 9.49. The van der Waals surface area contributed by atoms with Gasteiger partial charge in [-0.05, 0) is 25.7 Å². The fraction of sp³-hybridized carbons (Fsp3) is 0.818. The molecule has 0 aromatic heterocycles. The van der Waals surface area contributed by atoms with Gasteiger partial charge in [-0.25, -0.2) is 10.3 Å². The van der Waals surface area contributed by atoms with Crippen molar-refractivity contribution < 1.29 is 4.74 Å². The van der Waals surface area contributed by atoms with Crippen molar-refractivity contribution in [1.29, 1.82) is 5.26 Å². The lowest BCUT2D eigenvalue weighted by Crippen LogP contribution is -2.25. The molecule has 0 amide bonds. The van der Waals surface area contributed by atoms with E-state index in [-0.39, 0.29) is 6.04 Å². The molecule has 0 aromatic rings. The number of ether oxygens (including phenoxy) is 1. The van der Waals surface area contributed by atoms with Gasteiger partial charge in [0.05, 0.1) is 13.2 Å². The van der Waals surface area contributed by atoms with Crippen molar-refractivity contribution in [3.8, 4) is 6.19 Å². The fourth-order valence-corrected chi connectivity index (χ4v) is 2.09. The summed E-state index contributed by atoms with van der Waals surface area (Å²) in [6.45, 7) is 2.09. The minimum Gasteiger partial charge on any atom is -0.468 e. The minimum absolute atomic E-state index is 0.237. The van der Waals surface area contributed by atoms with Crippen LogP contribution in [0.25, 0.3) is 0 Å². The summed E-state index contributed by atoms with van der Waals surface area (Å²) in [4.78, 5) is 4.37. The number of methoxy groups -OCH3 is 1. The van der Waals surface area contributed by atoms with Gasteiger partial charge < -0.3 is 4.74 Å².